The summed E-state index contributed by atoms with van der Waals surface area (Å²) in [6.07, 6.45) is 2.64. The fourth-order valence-electron chi connectivity index (χ4n) is 1.68. The molecule has 0 N–H and O–H groups in total. The van der Waals surface area contributed by atoms with Crippen LogP contribution in [0.1, 0.15) is 23.0 Å². The minimum Gasteiger partial charge on any atom is -0.490 e. The van der Waals surface area contributed by atoms with Crippen molar-refractivity contribution in [2.24, 2.45) is 7.05 Å². The van der Waals surface area contributed by atoms with Crippen molar-refractivity contribution in [1.29, 1.82) is 0 Å². The second kappa shape index (κ2) is 6.04. The maximum Gasteiger partial charge on any atom is 0.161 e. The number of carbonyl (C=O) groups is 1. The summed E-state index contributed by atoms with van der Waals surface area (Å²) in [5.41, 5.74) is 1.40. The lowest BCUT2D eigenvalue weighted by atomic mass is 10.2. The Labute approximate surface area is 111 Å². The maximum absolute atomic E-state index is 10.7. The van der Waals surface area contributed by atoms with Crippen molar-refractivity contribution in [2.75, 3.05) is 6.61 Å². The molecule has 2 aromatic rings. The van der Waals surface area contributed by atoms with Gasteiger partial charge in [0.25, 0.3) is 0 Å². The quantitative estimate of drug-likeness (QED) is 0.747. The first-order chi connectivity index (χ1) is 9.22. The van der Waals surface area contributed by atoms with Gasteiger partial charge in [0.05, 0.1) is 12.3 Å². The molecule has 1 aromatic carbocycles. The molecule has 2 rings (SSSR count). The van der Waals surface area contributed by atoms with Gasteiger partial charge in [-0.2, -0.15) is 5.10 Å². The third kappa shape index (κ3) is 3.34. The lowest BCUT2D eigenvalue weighted by Gasteiger charge is -2.11. The smallest absolute Gasteiger partial charge is 0.161 e. The summed E-state index contributed by atoms with van der Waals surface area (Å²) in [6.45, 7) is 2.76. The first-order valence-corrected chi connectivity index (χ1v) is 6.06. The van der Waals surface area contributed by atoms with Gasteiger partial charge in [-0.05, 0) is 31.2 Å². The zero-order valence-corrected chi connectivity index (χ0v) is 11.0. The Morgan fingerprint density at radius 1 is 1.26 bits per heavy atom. The highest BCUT2D eigenvalue weighted by molar-refractivity contribution is 5.76. The van der Waals surface area contributed by atoms with Gasteiger partial charge in [-0.25, -0.2) is 0 Å². The molecule has 0 spiro atoms. The number of benzene rings is 1. The predicted molar refractivity (Wildman–Crippen MR) is 70.5 cm³/mol. The summed E-state index contributed by atoms with van der Waals surface area (Å²) < 4.78 is 12.9. The van der Waals surface area contributed by atoms with Gasteiger partial charge in [0.1, 0.15) is 12.9 Å². The summed E-state index contributed by atoms with van der Waals surface area (Å²) in [5.74, 6) is 1.18. The first-order valence-electron chi connectivity index (χ1n) is 6.06. The van der Waals surface area contributed by atoms with Crippen molar-refractivity contribution in [1.82, 2.24) is 9.78 Å². The molecule has 0 aliphatic carbocycles. The van der Waals surface area contributed by atoms with Gasteiger partial charge >= 0.3 is 0 Å². The van der Waals surface area contributed by atoms with E-state index in [1.165, 1.54) is 0 Å². The Morgan fingerprint density at radius 2 is 2.11 bits per heavy atom. The lowest BCUT2D eigenvalue weighted by molar-refractivity contribution is 0.112. The summed E-state index contributed by atoms with van der Waals surface area (Å²) in [7, 11) is 1.86. The van der Waals surface area contributed by atoms with E-state index < -0.39 is 0 Å². The number of nitrogens with zero attached hydrogens (tertiary/aromatic N) is 2. The SMILES string of the molecule is CCOc1cc(C=O)ccc1OCc1ccn(C)n1. The predicted octanol–water partition coefficient (Wildman–Crippen LogP) is 2.21. The van der Waals surface area contributed by atoms with Crippen LogP contribution in [0.15, 0.2) is 30.5 Å². The molecule has 1 aromatic heterocycles. The second-order valence-corrected chi connectivity index (χ2v) is 4.03. The van der Waals surface area contributed by atoms with Crippen molar-refractivity contribution < 1.29 is 14.3 Å². The van der Waals surface area contributed by atoms with Gasteiger partial charge < -0.3 is 9.47 Å². The standard InChI is InChI=1S/C14H16N2O3/c1-3-18-14-8-11(9-17)4-5-13(14)19-10-12-6-7-16(2)15-12/h4-9H,3,10H2,1-2H3. The van der Waals surface area contributed by atoms with Crippen LogP contribution in [0.25, 0.3) is 0 Å². The first kappa shape index (κ1) is 13.1. The number of aryl methyl sites for hydroxylation is 1. The molecule has 0 saturated heterocycles. The Hall–Kier alpha value is -2.30. The normalized spacial score (nSPS) is 10.2. The number of carbonyl (C=O) groups excluding carboxylic acids is 1. The van der Waals surface area contributed by atoms with Crippen LogP contribution in [-0.2, 0) is 13.7 Å². The van der Waals surface area contributed by atoms with Crippen molar-refractivity contribution in [3.8, 4) is 11.5 Å². The van der Waals surface area contributed by atoms with Crippen LogP contribution in [0.4, 0.5) is 0 Å². The second-order valence-electron chi connectivity index (χ2n) is 4.03. The van der Waals surface area contributed by atoms with E-state index in [0.717, 1.165) is 12.0 Å². The Morgan fingerprint density at radius 3 is 2.74 bits per heavy atom. The van der Waals surface area contributed by atoms with Gasteiger partial charge in [-0.1, -0.05) is 0 Å². The van der Waals surface area contributed by atoms with Crippen LogP contribution in [0.2, 0.25) is 0 Å². The monoisotopic (exact) mass is 260 g/mol. The van der Waals surface area contributed by atoms with Crippen LogP contribution < -0.4 is 9.47 Å². The zero-order chi connectivity index (χ0) is 13.7. The van der Waals surface area contributed by atoms with Crippen molar-refractivity contribution in [3.63, 3.8) is 0 Å². The maximum atomic E-state index is 10.7. The largest absolute Gasteiger partial charge is 0.490 e. The Bertz CT molecular complexity index is 564. The third-order valence-electron chi connectivity index (χ3n) is 2.55. The summed E-state index contributed by atoms with van der Waals surface area (Å²) in [5, 5.41) is 4.23. The summed E-state index contributed by atoms with van der Waals surface area (Å²) in [6, 6.07) is 6.99. The summed E-state index contributed by atoms with van der Waals surface area (Å²) >= 11 is 0. The molecule has 0 fully saturated rings. The van der Waals surface area contributed by atoms with Crippen molar-refractivity contribution in [3.05, 3.63) is 41.7 Å². The fourth-order valence-corrected chi connectivity index (χ4v) is 1.68. The molecule has 5 heteroatoms. The van der Waals surface area contributed by atoms with Crippen LogP contribution >= 0.6 is 0 Å². The molecule has 0 saturated carbocycles. The number of hydrogen-bond donors (Lipinski definition) is 0. The van der Waals surface area contributed by atoms with E-state index in [9.17, 15) is 4.79 Å². The molecule has 0 aliphatic rings. The molecule has 0 amide bonds. The van der Waals surface area contributed by atoms with Gasteiger partial charge in [0.15, 0.2) is 11.5 Å². The molecule has 19 heavy (non-hydrogen) atoms. The lowest BCUT2D eigenvalue weighted by Crippen LogP contribution is -2.01. The highest BCUT2D eigenvalue weighted by Crippen LogP contribution is 2.28. The molecule has 100 valence electrons. The number of hydrogen-bond acceptors (Lipinski definition) is 4. The Balaban J connectivity index is 2.12. The topological polar surface area (TPSA) is 53.4 Å². The summed E-state index contributed by atoms with van der Waals surface area (Å²) in [4.78, 5) is 10.7. The molecule has 0 aliphatic heterocycles. The molecule has 0 radical (unpaired) electrons. The molecule has 1 heterocycles. The van der Waals surface area contributed by atoms with E-state index in [1.807, 2.05) is 26.2 Å². The number of aldehydes is 1. The molecule has 5 nitrogen and oxygen atoms in total. The Kier molecular flexibility index (Phi) is 4.18. The van der Waals surface area contributed by atoms with Gasteiger partial charge in [-0.3, -0.25) is 9.48 Å². The number of aromatic nitrogens is 2. The average Bonchev–Trinajstić information content (AvgIpc) is 2.83. The molecular weight excluding hydrogens is 244 g/mol. The number of ether oxygens (including phenoxy) is 2. The third-order valence-corrected chi connectivity index (χ3v) is 2.55. The van der Waals surface area contributed by atoms with E-state index in [0.29, 0.717) is 30.3 Å². The van der Waals surface area contributed by atoms with Gasteiger partial charge in [-0.15, -0.1) is 0 Å². The van der Waals surface area contributed by atoms with E-state index in [4.69, 9.17) is 9.47 Å². The molecule has 0 atom stereocenters. The molecule has 0 unspecified atom stereocenters. The van der Waals surface area contributed by atoms with Gasteiger partial charge in [0, 0.05) is 18.8 Å². The van der Waals surface area contributed by atoms with Crippen molar-refractivity contribution in [2.45, 2.75) is 13.5 Å². The molecule has 0 bridgehead atoms. The highest BCUT2D eigenvalue weighted by Gasteiger charge is 2.07. The number of rotatable bonds is 6. The minimum atomic E-state index is 0.362. The van der Waals surface area contributed by atoms with E-state index >= 15 is 0 Å². The van der Waals surface area contributed by atoms with E-state index in [-0.39, 0.29) is 0 Å². The van der Waals surface area contributed by atoms with Gasteiger partial charge in [0.2, 0.25) is 0 Å². The van der Waals surface area contributed by atoms with E-state index in [1.54, 1.807) is 22.9 Å². The van der Waals surface area contributed by atoms with Crippen LogP contribution in [0.5, 0.6) is 11.5 Å². The van der Waals surface area contributed by atoms with E-state index in [2.05, 4.69) is 5.10 Å². The van der Waals surface area contributed by atoms with Crippen LogP contribution in [-0.4, -0.2) is 22.7 Å². The van der Waals surface area contributed by atoms with Crippen LogP contribution in [0.3, 0.4) is 0 Å². The average molecular weight is 260 g/mol. The van der Waals surface area contributed by atoms with Crippen molar-refractivity contribution >= 4 is 6.29 Å². The zero-order valence-electron chi connectivity index (χ0n) is 11.0. The highest BCUT2D eigenvalue weighted by atomic mass is 16.5. The minimum absolute atomic E-state index is 0.362. The molecular formula is C14H16N2O3. The fraction of sp³-hybridized carbons (Fsp3) is 0.286. The van der Waals surface area contributed by atoms with Crippen LogP contribution in [0, 0.1) is 0 Å².